The van der Waals surface area contributed by atoms with E-state index in [1.165, 1.54) is 0 Å². The molecule has 114 valence electrons. The Morgan fingerprint density at radius 2 is 2.10 bits per heavy atom. The van der Waals surface area contributed by atoms with Crippen LogP contribution in [0.2, 0.25) is 0 Å². The molecule has 1 unspecified atom stereocenters. The van der Waals surface area contributed by atoms with Crippen LogP contribution in [0.25, 0.3) is 0 Å². The SMILES string of the molecule is CNCCCNC(=O)CC(C)c1cccc(OC)c1.Cl. The van der Waals surface area contributed by atoms with Gasteiger partial charge in [-0.1, -0.05) is 19.1 Å². The Hall–Kier alpha value is -1.26. The van der Waals surface area contributed by atoms with Gasteiger partial charge in [0.15, 0.2) is 0 Å². The molecule has 0 spiro atoms. The van der Waals surface area contributed by atoms with Crippen LogP contribution in [0.4, 0.5) is 0 Å². The van der Waals surface area contributed by atoms with Crippen molar-refractivity contribution in [2.45, 2.75) is 25.7 Å². The summed E-state index contributed by atoms with van der Waals surface area (Å²) in [4.78, 5) is 11.8. The fourth-order valence-corrected chi connectivity index (χ4v) is 1.91. The van der Waals surface area contributed by atoms with Gasteiger partial charge in [-0.05, 0) is 43.6 Å². The molecule has 1 aromatic rings. The molecule has 0 aliphatic heterocycles. The minimum Gasteiger partial charge on any atom is -0.497 e. The van der Waals surface area contributed by atoms with Gasteiger partial charge in [-0.3, -0.25) is 4.79 Å². The summed E-state index contributed by atoms with van der Waals surface area (Å²) in [6.07, 6.45) is 1.46. The van der Waals surface area contributed by atoms with E-state index in [9.17, 15) is 4.79 Å². The Labute approximate surface area is 127 Å². The number of hydrogen-bond donors (Lipinski definition) is 2. The number of halogens is 1. The second-order valence-electron chi connectivity index (χ2n) is 4.69. The third kappa shape index (κ3) is 6.78. The van der Waals surface area contributed by atoms with Crippen molar-refractivity contribution >= 4 is 18.3 Å². The molecule has 0 radical (unpaired) electrons. The fraction of sp³-hybridized carbons (Fsp3) is 0.533. The van der Waals surface area contributed by atoms with Gasteiger partial charge in [-0.25, -0.2) is 0 Å². The maximum Gasteiger partial charge on any atom is 0.220 e. The van der Waals surface area contributed by atoms with Gasteiger partial charge in [0.1, 0.15) is 5.75 Å². The predicted octanol–water partition coefficient (Wildman–Crippen LogP) is 2.34. The lowest BCUT2D eigenvalue weighted by Crippen LogP contribution is -2.27. The molecule has 0 aliphatic carbocycles. The van der Waals surface area contributed by atoms with Crippen LogP contribution in [0, 0.1) is 0 Å². The van der Waals surface area contributed by atoms with Crippen molar-refractivity contribution < 1.29 is 9.53 Å². The maximum atomic E-state index is 11.8. The van der Waals surface area contributed by atoms with Crippen LogP contribution in [0.3, 0.4) is 0 Å². The van der Waals surface area contributed by atoms with Crippen molar-refractivity contribution in [1.29, 1.82) is 0 Å². The first-order valence-corrected chi connectivity index (χ1v) is 6.72. The molecule has 0 heterocycles. The number of hydrogen-bond acceptors (Lipinski definition) is 3. The first kappa shape index (κ1) is 18.7. The van der Waals surface area contributed by atoms with E-state index >= 15 is 0 Å². The van der Waals surface area contributed by atoms with Gasteiger partial charge in [-0.15, -0.1) is 12.4 Å². The zero-order valence-corrected chi connectivity index (χ0v) is 13.3. The quantitative estimate of drug-likeness (QED) is 0.725. The van der Waals surface area contributed by atoms with Gasteiger partial charge in [0, 0.05) is 13.0 Å². The zero-order valence-electron chi connectivity index (χ0n) is 12.4. The lowest BCUT2D eigenvalue weighted by molar-refractivity contribution is -0.121. The van der Waals surface area contributed by atoms with Crippen molar-refractivity contribution in [2.75, 3.05) is 27.2 Å². The van der Waals surface area contributed by atoms with E-state index in [4.69, 9.17) is 4.74 Å². The maximum absolute atomic E-state index is 11.8. The Balaban J connectivity index is 0.00000361. The summed E-state index contributed by atoms with van der Waals surface area (Å²) >= 11 is 0. The summed E-state index contributed by atoms with van der Waals surface area (Å²) in [5.74, 6) is 1.13. The molecule has 1 aromatic carbocycles. The summed E-state index contributed by atoms with van der Waals surface area (Å²) in [7, 11) is 3.56. The van der Waals surface area contributed by atoms with E-state index in [1.807, 2.05) is 31.3 Å². The third-order valence-electron chi connectivity index (χ3n) is 3.08. The van der Waals surface area contributed by atoms with Crippen molar-refractivity contribution in [3.63, 3.8) is 0 Å². The van der Waals surface area contributed by atoms with Gasteiger partial charge < -0.3 is 15.4 Å². The largest absolute Gasteiger partial charge is 0.497 e. The Morgan fingerprint density at radius 1 is 1.35 bits per heavy atom. The molecule has 1 rings (SSSR count). The number of carbonyl (C=O) groups excluding carboxylic acids is 1. The highest BCUT2D eigenvalue weighted by Crippen LogP contribution is 2.22. The highest BCUT2D eigenvalue weighted by atomic mass is 35.5. The molecule has 2 N–H and O–H groups in total. The number of ether oxygens (including phenoxy) is 1. The van der Waals surface area contributed by atoms with Crippen LogP contribution in [-0.2, 0) is 4.79 Å². The number of rotatable bonds is 8. The van der Waals surface area contributed by atoms with E-state index in [2.05, 4.69) is 17.6 Å². The second-order valence-corrected chi connectivity index (χ2v) is 4.69. The molecule has 1 atom stereocenters. The average Bonchev–Trinajstić information content (AvgIpc) is 2.43. The molecule has 0 saturated heterocycles. The van der Waals surface area contributed by atoms with Crippen LogP contribution in [0.1, 0.15) is 31.2 Å². The van der Waals surface area contributed by atoms with Gasteiger partial charge in [0.25, 0.3) is 0 Å². The predicted molar refractivity (Wildman–Crippen MR) is 84.8 cm³/mol. The highest BCUT2D eigenvalue weighted by molar-refractivity contribution is 5.85. The van der Waals surface area contributed by atoms with E-state index < -0.39 is 0 Å². The van der Waals surface area contributed by atoms with Crippen LogP contribution in [0.5, 0.6) is 5.75 Å². The minimum absolute atomic E-state index is 0. The van der Waals surface area contributed by atoms with Gasteiger partial charge in [0.05, 0.1) is 7.11 Å². The Bertz CT molecular complexity index is 399. The second kappa shape index (κ2) is 10.5. The zero-order chi connectivity index (χ0) is 14.1. The monoisotopic (exact) mass is 300 g/mol. The van der Waals surface area contributed by atoms with Crippen LogP contribution < -0.4 is 15.4 Å². The highest BCUT2D eigenvalue weighted by Gasteiger charge is 2.11. The lowest BCUT2D eigenvalue weighted by Gasteiger charge is -2.13. The number of methoxy groups -OCH3 is 1. The third-order valence-corrected chi connectivity index (χ3v) is 3.08. The molecule has 4 nitrogen and oxygen atoms in total. The van der Waals surface area contributed by atoms with Crippen molar-refractivity contribution in [2.24, 2.45) is 0 Å². The smallest absolute Gasteiger partial charge is 0.220 e. The normalized spacial score (nSPS) is 11.3. The Kier molecular flexibility index (Phi) is 9.86. The number of amides is 1. The van der Waals surface area contributed by atoms with Crippen molar-refractivity contribution in [3.8, 4) is 5.75 Å². The van der Waals surface area contributed by atoms with Crippen LogP contribution in [0.15, 0.2) is 24.3 Å². The molecule has 0 fully saturated rings. The van der Waals surface area contributed by atoms with E-state index in [-0.39, 0.29) is 24.2 Å². The Morgan fingerprint density at radius 3 is 2.75 bits per heavy atom. The van der Waals surface area contributed by atoms with Gasteiger partial charge >= 0.3 is 0 Å². The van der Waals surface area contributed by atoms with Crippen molar-refractivity contribution in [3.05, 3.63) is 29.8 Å². The standard InChI is InChI=1S/C15H24N2O2.ClH/c1-12(10-15(18)17-9-5-8-16-2)13-6-4-7-14(11-13)19-3;/h4,6-7,11-12,16H,5,8-10H2,1-3H3,(H,17,18);1H. The summed E-state index contributed by atoms with van der Waals surface area (Å²) in [6.45, 7) is 3.71. The van der Waals surface area contributed by atoms with Crippen LogP contribution in [-0.4, -0.2) is 33.2 Å². The molecule has 0 saturated carbocycles. The fourth-order valence-electron chi connectivity index (χ4n) is 1.91. The molecular formula is C15H25ClN2O2. The van der Waals surface area contributed by atoms with E-state index in [0.717, 1.165) is 30.8 Å². The number of benzene rings is 1. The molecule has 0 bridgehead atoms. The molecule has 1 amide bonds. The van der Waals surface area contributed by atoms with E-state index in [0.29, 0.717) is 6.42 Å². The van der Waals surface area contributed by atoms with Gasteiger partial charge in [-0.2, -0.15) is 0 Å². The van der Waals surface area contributed by atoms with Crippen LogP contribution >= 0.6 is 12.4 Å². The molecule has 20 heavy (non-hydrogen) atoms. The van der Waals surface area contributed by atoms with Crippen molar-refractivity contribution in [1.82, 2.24) is 10.6 Å². The number of nitrogens with one attached hydrogen (secondary N) is 2. The summed E-state index contributed by atoms with van der Waals surface area (Å²) in [5.41, 5.74) is 1.13. The first-order valence-electron chi connectivity index (χ1n) is 6.72. The first-order chi connectivity index (χ1) is 9.17. The molecule has 0 aliphatic rings. The summed E-state index contributed by atoms with van der Waals surface area (Å²) < 4.78 is 5.19. The minimum atomic E-state index is 0. The topological polar surface area (TPSA) is 50.4 Å². The number of carbonyl (C=O) groups is 1. The summed E-state index contributed by atoms with van der Waals surface area (Å²) in [6, 6.07) is 7.88. The lowest BCUT2D eigenvalue weighted by atomic mass is 9.97. The summed E-state index contributed by atoms with van der Waals surface area (Å²) in [5, 5.41) is 5.99. The van der Waals surface area contributed by atoms with Gasteiger partial charge in [0.2, 0.25) is 5.91 Å². The van der Waals surface area contributed by atoms with E-state index in [1.54, 1.807) is 7.11 Å². The molecular weight excluding hydrogens is 276 g/mol. The molecule has 5 heteroatoms. The molecule has 0 aromatic heterocycles. The average molecular weight is 301 g/mol.